The SMILES string of the molecule is N#CCC1=CC2=CC=CCC3=CC=CCC23C=C1CC#N. The monoisotopic (exact) mass is 272 g/mol. The molecule has 0 fully saturated rings. The summed E-state index contributed by atoms with van der Waals surface area (Å²) in [6.07, 6.45) is 19.9. The summed E-state index contributed by atoms with van der Waals surface area (Å²) in [6, 6.07) is 4.45. The first-order chi connectivity index (χ1) is 10.3. The fourth-order valence-electron chi connectivity index (χ4n) is 3.37. The molecular weight excluding hydrogens is 256 g/mol. The Morgan fingerprint density at radius 1 is 1.00 bits per heavy atom. The van der Waals surface area contributed by atoms with Crippen LogP contribution < -0.4 is 0 Å². The molecule has 0 aromatic rings. The molecule has 1 atom stereocenters. The minimum absolute atomic E-state index is 0.122. The molecule has 1 unspecified atom stereocenters. The summed E-state index contributed by atoms with van der Waals surface area (Å²) in [5.41, 5.74) is 4.48. The van der Waals surface area contributed by atoms with Crippen LogP contribution in [-0.4, -0.2) is 0 Å². The number of nitrogens with zero attached hydrogens (tertiary/aromatic N) is 2. The predicted molar refractivity (Wildman–Crippen MR) is 82.7 cm³/mol. The average Bonchev–Trinajstić information content (AvgIpc) is 2.67. The first-order valence-corrected chi connectivity index (χ1v) is 7.20. The number of hydrogen-bond acceptors (Lipinski definition) is 2. The van der Waals surface area contributed by atoms with Gasteiger partial charge in [0.2, 0.25) is 0 Å². The van der Waals surface area contributed by atoms with E-state index in [1.54, 1.807) is 0 Å². The number of rotatable bonds is 2. The van der Waals surface area contributed by atoms with Gasteiger partial charge in [0.15, 0.2) is 0 Å². The molecule has 0 radical (unpaired) electrons. The highest BCUT2D eigenvalue weighted by Crippen LogP contribution is 2.51. The largest absolute Gasteiger partial charge is 0.198 e. The lowest BCUT2D eigenvalue weighted by Gasteiger charge is -2.39. The van der Waals surface area contributed by atoms with E-state index >= 15 is 0 Å². The van der Waals surface area contributed by atoms with Crippen LogP contribution in [0.2, 0.25) is 0 Å². The quantitative estimate of drug-likeness (QED) is 0.746. The van der Waals surface area contributed by atoms with Gasteiger partial charge in [-0.2, -0.15) is 10.5 Å². The van der Waals surface area contributed by atoms with Crippen LogP contribution in [0.15, 0.2) is 70.9 Å². The van der Waals surface area contributed by atoms with E-state index in [4.69, 9.17) is 10.5 Å². The third-order valence-electron chi connectivity index (χ3n) is 4.41. The molecule has 0 aromatic heterocycles. The van der Waals surface area contributed by atoms with Crippen LogP contribution in [0.4, 0.5) is 0 Å². The van der Waals surface area contributed by atoms with E-state index in [2.05, 4.69) is 60.7 Å². The molecule has 0 saturated carbocycles. The van der Waals surface area contributed by atoms with Crippen LogP contribution in [0.5, 0.6) is 0 Å². The molecule has 0 heterocycles. The van der Waals surface area contributed by atoms with Crippen molar-refractivity contribution in [1.82, 2.24) is 0 Å². The van der Waals surface area contributed by atoms with E-state index < -0.39 is 0 Å². The van der Waals surface area contributed by atoms with E-state index in [-0.39, 0.29) is 5.41 Å². The summed E-state index contributed by atoms with van der Waals surface area (Å²) in [7, 11) is 0. The van der Waals surface area contributed by atoms with Crippen molar-refractivity contribution in [2.24, 2.45) is 5.41 Å². The molecule has 0 bridgehead atoms. The van der Waals surface area contributed by atoms with Crippen molar-refractivity contribution in [1.29, 1.82) is 10.5 Å². The highest BCUT2D eigenvalue weighted by molar-refractivity contribution is 5.58. The van der Waals surface area contributed by atoms with Gasteiger partial charge in [0.25, 0.3) is 0 Å². The van der Waals surface area contributed by atoms with Gasteiger partial charge in [0, 0.05) is 5.41 Å². The third kappa shape index (κ3) is 2.20. The molecule has 3 rings (SSSR count). The summed E-state index contributed by atoms with van der Waals surface area (Å²) in [6.45, 7) is 0. The van der Waals surface area contributed by atoms with Crippen molar-refractivity contribution in [3.8, 4) is 12.1 Å². The van der Waals surface area contributed by atoms with Crippen LogP contribution in [-0.2, 0) is 0 Å². The summed E-state index contributed by atoms with van der Waals surface area (Å²) in [5, 5.41) is 18.1. The summed E-state index contributed by atoms with van der Waals surface area (Å²) < 4.78 is 0. The van der Waals surface area contributed by atoms with Crippen LogP contribution in [0, 0.1) is 28.1 Å². The second-order valence-electron chi connectivity index (χ2n) is 5.56. The Hall–Kier alpha value is -2.58. The van der Waals surface area contributed by atoms with Crippen LogP contribution in [0.3, 0.4) is 0 Å². The van der Waals surface area contributed by atoms with E-state index in [0.717, 1.165) is 24.0 Å². The molecule has 3 aliphatic rings. The topological polar surface area (TPSA) is 47.6 Å². The maximum atomic E-state index is 9.09. The van der Waals surface area contributed by atoms with Crippen LogP contribution in [0.1, 0.15) is 25.7 Å². The van der Waals surface area contributed by atoms with Crippen LogP contribution in [0.25, 0.3) is 0 Å². The molecule has 2 nitrogen and oxygen atoms in total. The van der Waals surface area contributed by atoms with Gasteiger partial charge < -0.3 is 0 Å². The Morgan fingerprint density at radius 3 is 2.57 bits per heavy atom. The molecular formula is C19H16N2. The van der Waals surface area contributed by atoms with E-state index in [9.17, 15) is 0 Å². The maximum Gasteiger partial charge on any atom is 0.0669 e. The minimum atomic E-state index is -0.122. The molecule has 102 valence electrons. The Bertz CT molecular complexity index is 727. The summed E-state index contributed by atoms with van der Waals surface area (Å²) >= 11 is 0. The molecule has 3 aliphatic carbocycles. The van der Waals surface area contributed by atoms with Gasteiger partial charge in [-0.25, -0.2) is 0 Å². The van der Waals surface area contributed by atoms with Crippen molar-refractivity contribution < 1.29 is 0 Å². The number of hydrogen-bond donors (Lipinski definition) is 0. The normalized spacial score (nSPS) is 26.0. The fourth-order valence-corrected chi connectivity index (χ4v) is 3.37. The molecule has 0 amide bonds. The van der Waals surface area contributed by atoms with Gasteiger partial charge in [0.1, 0.15) is 0 Å². The Labute approximate surface area is 125 Å². The highest BCUT2D eigenvalue weighted by Gasteiger charge is 2.38. The zero-order valence-corrected chi connectivity index (χ0v) is 11.8. The highest BCUT2D eigenvalue weighted by atomic mass is 14.4. The Kier molecular flexibility index (Phi) is 3.46. The zero-order valence-electron chi connectivity index (χ0n) is 11.8. The Balaban J connectivity index is 2.15. The van der Waals surface area contributed by atoms with Crippen LogP contribution >= 0.6 is 0 Å². The van der Waals surface area contributed by atoms with Gasteiger partial charge in [-0.05, 0) is 29.6 Å². The van der Waals surface area contributed by atoms with Gasteiger partial charge in [-0.1, -0.05) is 54.2 Å². The van der Waals surface area contributed by atoms with E-state index in [1.165, 1.54) is 11.1 Å². The predicted octanol–water partition coefficient (Wildman–Crippen LogP) is 4.44. The summed E-state index contributed by atoms with van der Waals surface area (Å²) in [4.78, 5) is 0. The van der Waals surface area contributed by atoms with Crippen molar-refractivity contribution in [2.75, 3.05) is 0 Å². The summed E-state index contributed by atoms with van der Waals surface area (Å²) in [5.74, 6) is 0. The van der Waals surface area contributed by atoms with Gasteiger partial charge in [0.05, 0.1) is 25.0 Å². The minimum Gasteiger partial charge on any atom is -0.198 e. The van der Waals surface area contributed by atoms with Crippen molar-refractivity contribution in [2.45, 2.75) is 25.7 Å². The third-order valence-corrected chi connectivity index (χ3v) is 4.41. The molecule has 0 N–H and O–H groups in total. The second kappa shape index (κ2) is 5.43. The van der Waals surface area contributed by atoms with E-state index in [1.807, 2.05) is 0 Å². The van der Waals surface area contributed by atoms with Crippen molar-refractivity contribution in [3.05, 3.63) is 70.9 Å². The van der Waals surface area contributed by atoms with Gasteiger partial charge >= 0.3 is 0 Å². The smallest absolute Gasteiger partial charge is 0.0669 e. The fraction of sp³-hybridized carbons (Fsp3) is 0.263. The van der Waals surface area contributed by atoms with E-state index in [0.29, 0.717) is 12.8 Å². The Morgan fingerprint density at radius 2 is 1.76 bits per heavy atom. The van der Waals surface area contributed by atoms with Gasteiger partial charge in [-0.3, -0.25) is 0 Å². The average molecular weight is 272 g/mol. The first kappa shape index (κ1) is 13.4. The maximum absolute atomic E-state index is 9.09. The lowest BCUT2D eigenvalue weighted by molar-refractivity contribution is 0.542. The molecule has 0 aliphatic heterocycles. The standard InChI is InChI=1S/C19H16N2/c20-11-8-15-13-18-7-2-1-5-17-6-3-4-10-19(17,18)14-16(15)9-12-21/h1-4,6-7,13-14H,5,8-10H2. The molecule has 2 heteroatoms. The number of nitriles is 2. The lowest BCUT2D eigenvalue weighted by Crippen LogP contribution is -2.27. The molecule has 1 spiro atoms. The lowest BCUT2D eigenvalue weighted by atomic mass is 9.64. The molecule has 0 aromatic carbocycles. The zero-order chi connectivity index (χ0) is 14.7. The molecule has 21 heavy (non-hydrogen) atoms. The first-order valence-electron chi connectivity index (χ1n) is 7.20. The second-order valence-corrected chi connectivity index (χ2v) is 5.56. The van der Waals surface area contributed by atoms with Crippen molar-refractivity contribution in [3.63, 3.8) is 0 Å². The number of allylic oxidation sites excluding steroid dienone is 12. The van der Waals surface area contributed by atoms with Gasteiger partial charge in [-0.15, -0.1) is 0 Å². The van der Waals surface area contributed by atoms with Crippen molar-refractivity contribution >= 4 is 0 Å². The molecule has 0 saturated heterocycles.